The molecule has 9 nitrogen and oxygen atoms in total. The molecule has 0 spiro atoms. The summed E-state index contributed by atoms with van der Waals surface area (Å²) in [6.07, 6.45) is 0.170. The van der Waals surface area contributed by atoms with Crippen LogP contribution in [0.5, 0.6) is 11.5 Å². The highest BCUT2D eigenvalue weighted by Gasteiger charge is 2.22. The van der Waals surface area contributed by atoms with Gasteiger partial charge in [-0.2, -0.15) is 0 Å². The Kier molecular flexibility index (Phi) is 6.91. The molecule has 0 saturated carbocycles. The van der Waals surface area contributed by atoms with Crippen LogP contribution in [0.2, 0.25) is 0 Å². The van der Waals surface area contributed by atoms with Gasteiger partial charge in [0.1, 0.15) is 5.75 Å². The Morgan fingerprint density at radius 1 is 1.14 bits per heavy atom. The van der Waals surface area contributed by atoms with Crippen molar-refractivity contribution in [2.45, 2.75) is 6.42 Å². The predicted molar refractivity (Wildman–Crippen MR) is 99.8 cm³/mol. The molecule has 0 radical (unpaired) electrons. The summed E-state index contributed by atoms with van der Waals surface area (Å²) >= 11 is 0. The maximum Gasteiger partial charge on any atom is 0.310 e. The van der Waals surface area contributed by atoms with Crippen LogP contribution < -0.4 is 14.8 Å². The van der Waals surface area contributed by atoms with E-state index in [1.54, 1.807) is 24.3 Å². The van der Waals surface area contributed by atoms with E-state index >= 15 is 0 Å². The molecule has 0 aliphatic carbocycles. The highest BCUT2D eigenvalue weighted by atomic mass is 16.6. The molecule has 0 aromatic heterocycles. The highest BCUT2D eigenvalue weighted by Crippen LogP contribution is 2.27. The number of amides is 1. The first-order valence-corrected chi connectivity index (χ1v) is 8.32. The lowest BCUT2D eigenvalue weighted by atomic mass is 9.98. The Morgan fingerprint density at radius 2 is 1.82 bits per heavy atom. The Bertz CT molecular complexity index is 882. The van der Waals surface area contributed by atoms with Gasteiger partial charge in [-0.3, -0.25) is 19.7 Å². The Hall–Kier alpha value is -3.62. The minimum absolute atomic E-state index is 0.0542. The van der Waals surface area contributed by atoms with Crippen LogP contribution in [0.15, 0.2) is 42.5 Å². The average Bonchev–Trinajstić information content (AvgIpc) is 2.70. The largest absolute Gasteiger partial charge is 0.496 e. The van der Waals surface area contributed by atoms with Crippen molar-refractivity contribution in [1.82, 2.24) is 5.32 Å². The summed E-state index contributed by atoms with van der Waals surface area (Å²) in [6.45, 7) is -0.120. The van der Waals surface area contributed by atoms with Crippen molar-refractivity contribution in [3.05, 3.63) is 63.7 Å². The topological polar surface area (TPSA) is 128 Å². The molecule has 148 valence electrons. The first kappa shape index (κ1) is 20.7. The van der Waals surface area contributed by atoms with Gasteiger partial charge in [0.2, 0.25) is 0 Å². The van der Waals surface area contributed by atoms with Gasteiger partial charge in [0.25, 0.3) is 5.91 Å². The van der Waals surface area contributed by atoms with Gasteiger partial charge in [-0.1, -0.05) is 18.2 Å². The van der Waals surface area contributed by atoms with E-state index in [4.69, 9.17) is 9.47 Å². The lowest BCUT2D eigenvalue weighted by Crippen LogP contribution is -2.34. The van der Waals surface area contributed by atoms with E-state index in [9.17, 15) is 24.8 Å². The molecule has 0 heterocycles. The summed E-state index contributed by atoms with van der Waals surface area (Å²) in [5, 5.41) is 23.0. The number of hydrogen-bond donors (Lipinski definition) is 2. The second-order valence-corrected chi connectivity index (χ2v) is 5.90. The second kappa shape index (κ2) is 9.36. The van der Waals surface area contributed by atoms with Crippen LogP contribution in [-0.2, 0) is 11.2 Å². The van der Waals surface area contributed by atoms with Crippen molar-refractivity contribution in [3.63, 3.8) is 0 Å². The molecule has 9 heteroatoms. The zero-order valence-corrected chi connectivity index (χ0v) is 15.4. The lowest BCUT2D eigenvalue weighted by molar-refractivity contribution is -0.385. The minimum Gasteiger partial charge on any atom is -0.496 e. The SMILES string of the molecule is COc1ccccc1CC(CNC(=O)c1ccc([N+](=O)[O-])c(OC)c1)C(=O)O. The molecule has 2 aromatic carbocycles. The third-order valence-electron chi connectivity index (χ3n) is 4.16. The maximum atomic E-state index is 12.3. The van der Waals surface area contributed by atoms with Gasteiger partial charge in [-0.05, 0) is 24.1 Å². The summed E-state index contributed by atoms with van der Waals surface area (Å²) in [6, 6.07) is 10.7. The van der Waals surface area contributed by atoms with Gasteiger partial charge < -0.3 is 19.9 Å². The maximum absolute atomic E-state index is 12.3. The van der Waals surface area contributed by atoms with Crippen molar-refractivity contribution in [3.8, 4) is 11.5 Å². The molecule has 0 aliphatic rings. The fourth-order valence-electron chi connectivity index (χ4n) is 2.67. The molecule has 1 unspecified atom stereocenters. The van der Waals surface area contributed by atoms with Crippen LogP contribution in [-0.4, -0.2) is 42.7 Å². The molecular formula is C19H20N2O7. The number of nitro groups is 1. The van der Waals surface area contributed by atoms with Crippen LogP contribution in [0.4, 0.5) is 5.69 Å². The van der Waals surface area contributed by atoms with Gasteiger partial charge >= 0.3 is 11.7 Å². The number of nitro benzene ring substituents is 1. The smallest absolute Gasteiger partial charge is 0.310 e. The number of ether oxygens (including phenoxy) is 2. The number of rotatable bonds is 9. The number of methoxy groups -OCH3 is 2. The minimum atomic E-state index is -1.06. The number of carbonyl (C=O) groups excluding carboxylic acids is 1. The number of carbonyl (C=O) groups is 2. The fraction of sp³-hybridized carbons (Fsp3) is 0.263. The zero-order valence-electron chi connectivity index (χ0n) is 15.4. The molecule has 1 amide bonds. The van der Waals surface area contributed by atoms with E-state index in [0.29, 0.717) is 11.3 Å². The highest BCUT2D eigenvalue weighted by molar-refractivity contribution is 5.95. The Morgan fingerprint density at radius 3 is 2.43 bits per heavy atom. The normalized spacial score (nSPS) is 11.4. The van der Waals surface area contributed by atoms with Crippen molar-refractivity contribution >= 4 is 17.6 Å². The van der Waals surface area contributed by atoms with Crippen LogP contribution in [0.25, 0.3) is 0 Å². The number of para-hydroxylation sites is 1. The third-order valence-corrected chi connectivity index (χ3v) is 4.16. The van der Waals surface area contributed by atoms with E-state index < -0.39 is 22.7 Å². The van der Waals surface area contributed by atoms with E-state index in [1.165, 1.54) is 26.4 Å². The van der Waals surface area contributed by atoms with Crippen molar-refractivity contribution in [2.75, 3.05) is 20.8 Å². The number of nitrogens with zero attached hydrogens (tertiary/aromatic N) is 1. The first-order chi connectivity index (χ1) is 13.4. The molecule has 0 saturated heterocycles. The quantitative estimate of drug-likeness (QED) is 0.498. The summed E-state index contributed by atoms with van der Waals surface area (Å²) < 4.78 is 10.2. The molecule has 1 atom stereocenters. The van der Waals surface area contributed by atoms with Crippen molar-refractivity contribution in [2.24, 2.45) is 5.92 Å². The fourth-order valence-corrected chi connectivity index (χ4v) is 2.67. The number of nitrogens with one attached hydrogen (secondary N) is 1. The summed E-state index contributed by atoms with van der Waals surface area (Å²) in [4.78, 5) is 34.2. The Labute approximate surface area is 161 Å². The van der Waals surface area contributed by atoms with Gasteiger partial charge in [-0.25, -0.2) is 0 Å². The van der Waals surface area contributed by atoms with Crippen LogP contribution in [0.1, 0.15) is 15.9 Å². The number of aliphatic carboxylic acids is 1. The van der Waals surface area contributed by atoms with E-state index in [-0.39, 0.29) is 30.0 Å². The van der Waals surface area contributed by atoms with Crippen molar-refractivity contribution < 1.29 is 29.1 Å². The van der Waals surface area contributed by atoms with E-state index in [2.05, 4.69) is 5.32 Å². The zero-order chi connectivity index (χ0) is 20.7. The van der Waals surface area contributed by atoms with Crippen LogP contribution in [0, 0.1) is 16.0 Å². The molecule has 28 heavy (non-hydrogen) atoms. The molecular weight excluding hydrogens is 368 g/mol. The molecule has 0 bridgehead atoms. The van der Waals surface area contributed by atoms with Gasteiger partial charge in [-0.15, -0.1) is 0 Å². The number of benzene rings is 2. The second-order valence-electron chi connectivity index (χ2n) is 5.90. The number of hydrogen-bond acceptors (Lipinski definition) is 6. The lowest BCUT2D eigenvalue weighted by Gasteiger charge is -2.15. The monoisotopic (exact) mass is 388 g/mol. The third kappa shape index (κ3) is 4.97. The summed E-state index contributed by atoms with van der Waals surface area (Å²) in [5.74, 6) is -1.98. The van der Waals surface area contributed by atoms with E-state index in [0.717, 1.165) is 6.07 Å². The van der Waals surface area contributed by atoms with E-state index in [1.807, 2.05) is 0 Å². The Balaban J connectivity index is 2.10. The molecule has 2 rings (SSSR count). The van der Waals surface area contributed by atoms with Crippen molar-refractivity contribution in [1.29, 1.82) is 0 Å². The number of carboxylic acid groups (broad SMARTS) is 1. The van der Waals surface area contributed by atoms with Gasteiger partial charge in [0.15, 0.2) is 5.75 Å². The first-order valence-electron chi connectivity index (χ1n) is 8.32. The number of carboxylic acids is 1. The predicted octanol–water partition coefficient (Wildman–Crippen LogP) is 2.29. The van der Waals surface area contributed by atoms with Crippen LogP contribution in [0.3, 0.4) is 0 Å². The average molecular weight is 388 g/mol. The summed E-state index contributed by atoms with van der Waals surface area (Å²) in [5.41, 5.74) is 0.575. The molecule has 0 fully saturated rings. The van der Waals surface area contributed by atoms with Crippen LogP contribution >= 0.6 is 0 Å². The van der Waals surface area contributed by atoms with Gasteiger partial charge in [0.05, 0.1) is 25.1 Å². The summed E-state index contributed by atoms with van der Waals surface area (Å²) in [7, 11) is 2.76. The molecule has 0 aliphatic heterocycles. The standard InChI is InChI=1S/C19H20N2O7/c1-27-16-6-4-3-5-12(16)9-14(19(23)24)11-20-18(22)13-7-8-15(21(25)26)17(10-13)28-2/h3-8,10,14H,9,11H2,1-2H3,(H,20,22)(H,23,24). The van der Waals surface area contributed by atoms with Gasteiger partial charge in [0, 0.05) is 24.2 Å². The molecule has 2 aromatic rings. The molecule has 2 N–H and O–H groups in total.